The highest BCUT2D eigenvalue weighted by atomic mass is 79.9. The first-order valence-corrected chi connectivity index (χ1v) is 7.44. The minimum absolute atomic E-state index is 0.286. The Morgan fingerprint density at radius 1 is 1.39 bits per heavy atom. The zero-order valence-electron chi connectivity index (χ0n) is 11.7. The van der Waals surface area contributed by atoms with E-state index in [0.29, 0.717) is 5.41 Å². The van der Waals surface area contributed by atoms with Crippen LogP contribution in [0.3, 0.4) is 0 Å². The van der Waals surface area contributed by atoms with Gasteiger partial charge in [0.1, 0.15) is 6.10 Å². The maximum absolute atomic E-state index is 6.11. The Morgan fingerprint density at radius 2 is 2.11 bits per heavy atom. The summed E-state index contributed by atoms with van der Waals surface area (Å²) in [6.07, 6.45) is 5.63. The minimum atomic E-state index is 0.286. The van der Waals surface area contributed by atoms with Crippen molar-refractivity contribution < 1.29 is 4.74 Å². The molecule has 100 valence electrons. The first-order chi connectivity index (χ1) is 8.37. The van der Waals surface area contributed by atoms with Crippen molar-refractivity contribution in [3.05, 3.63) is 22.3 Å². The molecule has 1 heterocycles. The molecule has 2 nitrogen and oxygen atoms in total. The Kier molecular flexibility index (Phi) is 4.00. The molecule has 0 radical (unpaired) electrons. The van der Waals surface area contributed by atoms with Crippen LogP contribution < -0.4 is 4.74 Å². The smallest absolute Gasteiger partial charge is 0.228 e. The van der Waals surface area contributed by atoms with Crippen molar-refractivity contribution >= 4 is 15.9 Å². The fourth-order valence-electron chi connectivity index (χ4n) is 3.10. The van der Waals surface area contributed by atoms with E-state index in [9.17, 15) is 0 Å². The zero-order valence-corrected chi connectivity index (χ0v) is 13.3. The van der Waals surface area contributed by atoms with Gasteiger partial charge in [0.25, 0.3) is 0 Å². The zero-order chi connectivity index (χ0) is 13.3. The lowest BCUT2D eigenvalue weighted by Crippen LogP contribution is -2.34. The number of ether oxygens (including phenoxy) is 1. The summed E-state index contributed by atoms with van der Waals surface area (Å²) in [5.41, 5.74) is 1.54. The standard InChI is InChI=1S/C15H22BrNO/c1-10-7-12(9-15(3,4)8-10)18-14-13(16)11(2)5-6-17-14/h5-6,10,12H,7-9H2,1-4H3. The largest absolute Gasteiger partial charge is 0.474 e. The number of rotatable bonds is 2. The maximum Gasteiger partial charge on any atom is 0.228 e. The van der Waals surface area contributed by atoms with Gasteiger partial charge in [-0.2, -0.15) is 0 Å². The SMILES string of the molecule is Cc1ccnc(OC2CC(C)CC(C)(C)C2)c1Br. The Bertz CT molecular complexity index is 431. The molecule has 0 spiro atoms. The van der Waals surface area contributed by atoms with Crippen LogP contribution in [-0.2, 0) is 0 Å². The van der Waals surface area contributed by atoms with Crippen LogP contribution >= 0.6 is 15.9 Å². The van der Waals surface area contributed by atoms with Gasteiger partial charge in [0.2, 0.25) is 5.88 Å². The van der Waals surface area contributed by atoms with E-state index in [-0.39, 0.29) is 6.10 Å². The molecular weight excluding hydrogens is 290 g/mol. The third-order valence-corrected chi connectivity index (χ3v) is 4.64. The van der Waals surface area contributed by atoms with E-state index >= 15 is 0 Å². The average Bonchev–Trinajstić information content (AvgIpc) is 2.22. The second-order valence-corrected chi connectivity index (χ2v) is 7.19. The molecule has 0 saturated heterocycles. The topological polar surface area (TPSA) is 22.1 Å². The number of aromatic nitrogens is 1. The van der Waals surface area contributed by atoms with Crippen LogP contribution in [0.15, 0.2) is 16.7 Å². The molecule has 1 saturated carbocycles. The molecule has 2 rings (SSSR count). The van der Waals surface area contributed by atoms with Gasteiger partial charge >= 0.3 is 0 Å². The highest BCUT2D eigenvalue weighted by Gasteiger charge is 2.33. The number of hydrogen-bond donors (Lipinski definition) is 0. The van der Waals surface area contributed by atoms with E-state index in [0.717, 1.165) is 29.1 Å². The summed E-state index contributed by atoms with van der Waals surface area (Å²) < 4.78 is 7.10. The average molecular weight is 312 g/mol. The van der Waals surface area contributed by atoms with Crippen LogP contribution in [0.5, 0.6) is 5.88 Å². The molecule has 1 aromatic rings. The van der Waals surface area contributed by atoms with Crippen molar-refractivity contribution in [1.82, 2.24) is 4.98 Å². The van der Waals surface area contributed by atoms with Gasteiger partial charge in [-0.1, -0.05) is 20.8 Å². The molecule has 3 heteroatoms. The van der Waals surface area contributed by atoms with E-state index in [4.69, 9.17) is 4.74 Å². The molecule has 0 aromatic carbocycles. The lowest BCUT2D eigenvalue weighted by molar-refractivity contribution is 0.0527. The second-order valence-electron chi connectivity index (χ2n) is 6.40. The van der Waals surface area contributed by atoms with E-state index in [2.05, 4.69) is 48.6 Å². The molecule has 1 aliphatic carbocycles. The molecule has 18 heavy (non-hydrogen) atoms. The van der Waals surface area contributed by atoms with Gasteiger partial charge in [-0.15, -0.1) is 0 Å². The number of aryl methyl sites for hydroxylation is 1. The van der Waals surface area contributed by atoms with Crippen molar-refractivity contribution in [2.24, 2.45) is 11.3 Å². The molecule has 0 aliphatic heterocycles. The molecule has 2 unspecified atom stereocenters. The predicted molar refractivity (Wildman–Crippen MR) is 77.9 cm³/mol. The first kappa shape index (κ1) is 13.9. The Hall–Kier alpha value is -0.570. The fourth-order valence-corrected chi connectivity index (χ4v) is 3.43. The van der Waals surface area contributed by atoms with Crippen LogP contribution in [0, 0.1) is 18.3 Å². The van der Waals surface area contributed by atoms with Crippen LogP contribution in [0.25, 0.3) is 0 Å². The highest BCUT2D eigenvalue weighted by molar-refractivity contribution is 9.10. The molecule has 1 aromatic heterocycles. The van der Waals surface area contributed by atoms with Crippen molar-refractivity contribution in [3.8, 4) is 5.88 Å². The third-order valence-electron chi connectivity index (χ3n) is 3.68. The fraction of sp³-hybridized carbons (Fsp3) is 0.667. The van der Waals surface area contributed by atoms with Crippen LogP contribution in [-0.4, -0.2) is 11.1 Å². The van der Waals surface area contributed by atoms with Gasteiger partial charge in [0, 0.05) is 6.20 Å². The number of hydrogen-bond acceptors (Lipinski definition) is 2. The van der Waals surface area contributed by atoms with Gasteiger partial charge in [-0.25, -0.2) is 4.98 Å². The van der Waals surface area contributed by atoms with Gasteiger partial charge in [-0.05, 0) is 65.1 Å². The Morgan fingerprint density at radius 3 is 2.78 bits per heavy atom. The Balaban J connectivity index is 2.11. The molecule has 2 atom stereocenters. The Labute approximate surface area is 118 Å². The summed E-state index contributed by atoms with van der Waals surface area (Å²) in [6.45, 7) is 9.04. The first-order valence-electron chi connectivity index (χ1n) is 6.65. The van der Waals surface area contributed by atoms with Crippen molar-refractivity contribution in [2.45, 2.75) is 53.1 Å². The third kappa shape index (κ3) is 3.25. The van der Waals surface area contributed by atoms with Crippen molar-refractivity contribution in [1.29, 1.82) is 0 Å². The van der Waals surface area contributed by atoms with Gasteiger partial charge in [-0.3, -0.25) is 0 Å². The normalized spacial score (nSPS) is 26.9. The van der Waals surface area contributed by atoms with E-state index < -0.39 is 0 Å². The summed E-state index contributed by atoms with van der Waals surface area (Å²) >= 11 is 3.56. The molecular formula is C15H22BrNO. The summed E-state index contributed by atoms with van der Waals surface area (Å²) in [4.78, 5) is 4.34. The summed E-state index contributed by atoms with van der Waals surface area (Å²) in [7, 11) is 0. The molecule has 0 bridgehead atoms. The highest BCUT2D eigenvalue weighted by Crippen LogP contribution is 2.40. The molecule has 1 aliphatic rings. The lowest BCUT2D eigenvalue weighted by atomic mass is 9.71. The van der Waals surface area contributed by atoms with Crippen LogP contribution in [0.4, 0.5) is 0 Å². The number of nitrogens with zero attached hydrogens (tertiary/aromatic N) is 1. The van der Waals surface area contributed by atoms with Crippen LogP contribution in [0.1, 0.15) is 45.6 Å². The van der Waals surface area contributed by atoms with Crippen molar-refractivity contribution in [3.63, 3.8) is 0 Å². The van der Waals surface area contributed by atoms with Gasteiger partial charge < -0.3 is 4.74 Å². The molecule has 0 amide bonds. The van der Waals surface area contributed by atoms with Gasteiger partial charge in [0.15, 0.2) is 0 Å². The lowest BCUT2D eigenvalue weighted by Gasteiger charge is -2.38. The van der Waals surface area contributed by atoms with E-state index in [1.807, 2.05) is 12.3 Å². The van der Waals surface area contributed by atoms with E-state index in [1.165, 1.54) is 12.0 Å². The quantitative estimate of drug-likeness (QED) is 0.786. The number of pyridine rings is 1. The molecule has 1 fully saturated rings. The monoisotopic (exact) mass is 311 g/mol. The number of halogens is 1. The van der Waals surface area contributed by atoms with Crippen molar-refractivity contribution in [2.75, 3.05) is 0 Å². The summed E-state index contributed by atoms with van der Waals surface area (Å²) in [5, 5.41) is 0. The predicted octanol–water partition coefficient (Wildman–Crippen LogP) is 4.75. The summed E-state index contributed by atoms with van der Waals surface area (Å²) in [6, 6.07) is 1.99. The van der Waals surface area contributed by atoms with E-state index in [1.54, 1.807) is 0 Å². The maximum atomic E-state index is 6.11. The molecule has 0 N–H and O–H groups in total. The van der Waals surface area contributed by atoms with Crippen LogP contribution in [0.2, 0.25) is 0 Å². The minimum Gasteiger partial charge on any atom is -0.474 e. The second kappa shape index (κ2) is 5.20. The van der Waals surface area contributed by atoms with Gasteiger partial charge in [0.05, 0.1) is 4.47 Å². The summed E-state index contributed by atoms with van der Waals surface area (Å²) in [5.74, 6) is 1.47.